The maximum atomic E-state index is 15.0. The fourth-order valence-electron chi connectivity index (χ4n) is 10.1. The number of amides is 12. The van der Waals surface area contributed by atoms with Gasteiger partial charge in [-0.05, 0) is 102 Å². The van der Waals surface area contributed by atoms with Crippen molar-refractivity contribution in [2.45, 2.75) is 215 Å². The standard InChI is InChI=1S/C59H107N11O13S/c1-23-40-52(76)68(20)45(32-84-27-25-24-26-71)55(79)67(19)44(31-59(14,15)83)50(74)63-46(36(8)9)56(80)64(16)41(28-33(2)3)49(73)60-38(12)48(72)61-39(13)51(75)65(17)42(29-34(4)5)53(77)66(18)43(30-35(6)7)54(78)69(21)47(37(10)11)57(81)70(22)58(82)62-40/h33-47,71,83H,23-32H2,1-22H3,(H,60,73)(H,61,72)(H,62,82)(H,63,74)/t38-,39+,40-,41-,42-,43-,44+,45-,46-,47-/m1/s1. The van der Waals surface area contributed by atoms with E-state index < -0.39 is 143 Å². The monoisotopic (exact) mass is 1210 g/mol. The van der Waals surface area contributed by atoms with E-state index in [1.54, 1.807) is 34.6 Å². The molecule has 0 aromatic heterocycles. The summed E-state index contributed by atoms with van der Waals surface area (Å²) in [5.41, 5.74) is -1.57. The number of aliphatic hydroxyl groups excluding tert-OH is 1. The summed E-state index contributed by atoms with van der Waals surface area (Å²) in [4.78, 5) is 168. The van der Waals surface area contributed by atoms with E-state index in [0.717, 1.165) is 14.7 Å². The van der Waals surface area contributed by atoms with Crippen molar-refractivity contribution in [3.8, 4) is 0 Å². The van der Waals surface area contributed by atoms with E-state index in [0.29, 0.717) is 18.6 Å². The lowest BCUT2D eigenvalue weighted by Crippen LogP contribution is -2.62. The Bertz CT molecular complexity index is 2260. The molecular formula is C59H107N11O13S. The number of thioether (sulfide) groups is 1. The molecule has 0 spiro atoms. The van der Waals surface area contributed by atoms with E-state index in [9.17, 15) is 58.2 Å². The minimum Gasteiger partial charge on any atom is -0.396 e. The Balaban J connectivity index is 4.31. The van der Waals surface area contributed by atoms with E-state index in [2.05, 4.69) is 21.3 Å². The first-order valence-electron chi connectivity index (χ1n) is 29.7. The van der Waals surface area contributed by atoms with Crippen molar-refractivity contribution < 1.29 is 63.0 Å². The van der Waals surface area contributed by atoms with Crippen LogP contribution in [0.2, 0.25) is 0 Å². The summed E-state index contributed by atoms with van der Waals surface area (Å²) in [6, 6.07) is -13.5. The molecule has 1 saturated heterocycles. The van der Waals surface area contributed by atoms with Gasteiger partial charge in [-0.1, -0.05) is 76.2 Å². The fraction of sp³-hybridized carbons (Fsp3) is 0.814. The van der Waals surface area contributed by atoms with Crippen molar-refractivity contribution in [3.05, 3.63) is 0 Å². The summed E-state index contributed by atoms with van der Waals surface area (Å²) in [6.45, 7) is 25.2. The minimum atomic E-state index is -1.57. The first-order chi connectivity index (χ1) is 38.7. The van der Waals surface area contributed by atoms with Gasteiger partial charge in [0.25, 0.3) is 5.91 Å². The lowest BCUT2D eigenvalue weighted by Gasteiger charge is -2.40. The Hall–Kier alpha value is -5.56. The van der Waals surface area contributed by atoms with Crippen LogP contribution in [0.15, 0.2) is 0 Å². The van der Waals surface area contributed by atoms with Crippen LogP contribution < -0.4 is 21.3 Å². The molecule has 1 heterocycles. The number of imide groups is 1. The van der Waals surface area contributed by atoms with Gasteiger partial charge in [0.2, 0.25) is 53.2 Å². The van der Waals surface area contributed by atoms with Crippen LogP contribution in [0.1, 0.15) is 149 Å². The molecule has 24 nitrogen and oxygen atoms in total. The maximum absolute atomic E-state index is 15.0. The molecule has 482 valence electrons. The third-order valence-electron chi connectivity index (χ3n) is 15.3. The molecule has 0 bridgehead atoms. The molecule has 0 unspecified atom stereocenters. The Kier molecular flexibility index (Phi) is 31.4. The number of hydrogen-bond donors (Lipinski definition) is 6. The molecule has 0 aromatic carbocycles. The van der Waals surface area contributed by atoms with Gasteiger partial charge in [0.15, 0.2) is 0 Å². The van der Waals surface area contributed by atoms with Crippen molar-refractivity contribution in [1.82, 2.24) is 55.6 Å². The Labute approximate surface area is 505 Å². The van der Waals surface area contributed by atoms with Crippen LogP contribution in [0.25, 0.3) is 0 Å². The molecule has 0 radical (unpaired) electrons. The van der Waals surface area contributed by atoms with Crippen LogP contribution in [0.3, 0.4) is 0 Å². The van der Waals surface area contributed by atoms with Gasteiger partial charge >= 0.3 is 6.03 Å². The summed E-state index contributed by atoms with van der Waals surface area (Å²) in [5, 5.41) is 31.5. The highest BCUT2D eigenvalue weighted by Crippen LogP contribution is 2.25. The zero-order valence-electron chi connectivity index (χ0n) is 54.7. The largest absolute Gasteiger partial charge is 0.396 e. The smallest absolute Gasteiger partial charge is 0.324 e. The third-order valence-corrected chi connectivity index (χ3v) is 16.4. The SMILES string of the molecule is CC[C@H]1NC(=O)N(C)C(=O)[C@@H](C(C)C)N(C)C(=O)[C@@H](CC(C)C)N(C)C(=O)[C@@H](CC(C)C)N(C)C(=O)[C@H](C)NC(=O)[C@@H](C)NC(=O)[C@@H](CC(C)C)N(C)C(=O)[C@@H](C(C)C)NC(=O)[C@H](CC(C)(C)O)N(C)C(=O)[C@@H](CSCCCCO)N(C)C1=O. The van der Waals surface area contributed by atoms with Crippen molar-refractivity contribution in [2.75, 3.05) is 67.4 Å². The Morgan fingerprint density at radius 2 is 0.917 bits per heavy atom. The van der Waals surface area contributed by atoms with E-state index in [4.69, 9.17) is 0 Å². The van der Waals surface area contributed by atoms with E-state index >= 15 is 4.79 Å². The first kappa shape index (κ1) is 76.5. The molecule has 0 aliphatic carbocycles. The van der Waals surface area contributed by atoms with Crippen molar-refractivity contribution in [3.63, 3.8) is 0 Å². The summed E-state index contributed by atoms with van der Waals surface area (Å²) < 4.78 is 0. The van der Waals surface area contributed by atoms with E-state index in [-0.39, 0.29) is 62.2 Å². The van der Waals surface area contributed by atoms with Crippen LogP contribution in [0.5, 0.6) is 0 Å². The Morgan fingerprint density at radius 1 is 0.488 bits per heavy atom. The molecule has 1 aliphatic heterocycles. The Morgan fingerprint density at radius 3 is 1.38 bits per heavy atom. The molecule has 12 amide bonds. The molecule has 1 fully saturated rings. The number of urea groups is 1. The zero-order chi connectivity index (χ0) is 65.2. The zero-order valence-corrected chi connectivity index (χ0v) is 55.5. The van der Waals surface area contributed by atoms with Crippen LogP contribution in [0, 0.1) is 29.6 Å². The van der Waals surface area contributed by atoms with Crippen LogP contribution in [0.4, 0.5) is 4.79 Å². The van der Waals surface area contributed by atoms with Gasteiger partial charge < -0.3 is 60.9 Å². The van der Waals surface area contributed by atoms with Gasteiger partial charge in [-0.3, -0.25) is 52.8 Å². The quantitative estimate of drug-likeness (QED) is 0.114. The number of carbonyl (C=O) groups excluding carboxylic acids is 11. The predicted octanol–water partition coefficient (Wildman–Crippen LogP) is 2.52. The number of nitrogens with zero attached hydrogens (tertiary/aromatic N) is 7. The van der Waals surface area contributed by atoms with Gasteiger partial charge in [0, 0.05) is 68.1 Å². The summed E-state index contributed by atoms with van der Waals surface area (Å²) in [7, 11) is 9.62. The van der Waals surface area contributed by atoms with Gasteiger partial charge in [0.05, 0.1) is 5.60 Å². The van der Waals surface area contributed by atoms with E-state index in [1.807, 2.05) is 41.5 Å². The second-order valence-electron chi connectivity index (χ2n) is 25.4. The number of hydrogen-bond acceptors (Lipinski definition) is 14. The molecular weight excluding hydrogens is 1100 g/mol. The number of rotatable bonds is 17. The average Bonchev–Trinajstić information content (AvgIpc) is 3.53. The highest BCUT2D eigenvalue weighted by molar-refractivity contribution is 7.99. The van der Waals surface area contributed by atoms with Gasteiger partial charge in [0.1, 0.15) is 60.4 Å². The lowest BCUT2D eigenvalue weighted by molar-refractivity contribution is -0.154. The summed E-state index contributed by atoms with van der Waals surface area (Å²) in [5.74, 6) is -8.23. The molecule has 84 heavy (non-hydrogen) atoms. The minimum absolute atomic E-state index is 0.00476. The third kappa shape index (κ3) is 22.1. The van der Waals surface area contributed by atoms with Gasteiger partial charge in [-0.15, -0.1) is 0 Å². The number of unbranched alkanes of at least 4 members (excludes halogenated alkanes) is 1. The second-order valence-corrected chi connectivity index (χ2v) is 26.5. The highest BCUT2D eigenvalue weighted by Gasteiger charge is 2.45. The van der Waals surface area contributed by atoms with Crippen LogP contribution >= 0.6 is 11.8 Å². The number of aliphatic hydroxyl groups is 2. The summed E-state index contributed by atoms with van der Waals surface area (Å²) >= 11 is 1.31. The normalized spacial score (nSPS) is 26.2. The maximum Gasteiger partial charge on any atom is 0.324 e. The van der Waals surface area contributed by atoms with Gasteiger partial charge in [-0.2, -0.15) is 11.8 Å². The van der Waals surface area contributed by atoms with Gasteiger partial charge in [-0.25, -0.2) is 4.79 Å². The average molecular weight is 1210 g/mol. The second kappa shape index (κ2) is 34.6. The van der Waals surface area contributed by atoms with Crippen LogP contribution in [-0.4, -0.2) is 243 Å². The number of nitrogens with one attached hydrogen (secondary N) is 4. The number of likely N-dealkylation sites (N-methyl/N-ethyl adjacent to an activating group) is 7. The molecule has 0 aromatic rings. The lowest BCUT2D eigenvalue weighted by atomic mass is 9.95. The first-order valence-corrected chi connectivity index (χ1v) is 30.9. The van der Waals surface area contributed by atoms with Crippen molar-refractivity contribution in [2.24, 2.45) is 29.6 Å². The molecule has 1 aliphatic rings. The number of carbonyl (C=O) groups is 11. The predicted molar refractivity (Wildman–Crippen MR) is 324 cm³/mol. The molecule has 10 atom stereocenters. The van der Waals surface area contributed by atoms with Crippen molar-refractivity contribution in [1.29, 1.82) is 0 Å². The van der Waals surface area contributed by atoms with Crippen LogP contribution in [-0.2, 0) is 47.9 Å². The fourth-order valence-corrected chi connectivity index (χ4v) is 11.2. The molecule has 25 heteroatoms. The molecule has 0 saturated carbocycles. The highest BCUT2D eigenvalue weighted by atomic mass is 32.2. The summed E-state index contributed by atoms with van der Waals surface area (Å²) in [6.07, 6.45) is 1.14. The van der Waals surface area contributed by atoms with E-state index in [1.165, 1.54) is 108 Å². The topological polar surface area (TPSA) is 299 Å². The van der Waals surface area contributed by atoms with Crippen molar-refractivity contribution >= 4 is 76.9 Å². The molecule has 6 N–H and O–H groups in total. The molecule has 1 rings (SSSR count).